The van der Waals surface area contributed by atoms with Crippen LogP contribution in [0.2, 0.25) is 0 Å². The van der Waals surface area contributed by atoms with Gasteiger partial charge in [0.15, 0.2) is 0 Å². The van der Waals surface area contributed by atoms with Gasteiger partial charge >= 0.3 is 0 Å². The van der Waals surface area contributed by atoms with Gasteiger partial charge in [-0.05, 0) is 19.9 Å². The van der Waals surface area contributed by atoms with Crippen LogP contribution in [0, 0.1) is 0 Å². The Kier molecular flexibility index (Phi) is 2.61. The number of hydrogen-bond acceptors (Lipinski definition) is 4. The van der Waals surface area contributed by atoms with E-state index in [0.717, 1.165) is 30.0 Å². The summed E-state index contributed by atoms with van der Waals surface area (Å²) in [5.41, 5.74) is 8.17. The summed E-state index contributed by atoms with van der Waals surface area (Å²) in [6, 6.07) is 0.288. The third kappa shape index (κ3) is 1.81. The summed E-state index contributed by atoms with van der Waals surface area (Å²) in [5, 5.41) is 3.39. The van der Waals surface area contributed by atoms with E-state index in [4.69, 9.17) is 5.73 Å². The highest BCUT2D eigenvalue weighted by Crippen LogP contribution is 2.25. The topological polar surface area (TPSA) is 63.8 Å². The van der Waals surface area contributed by atoms with E-state index in [-0.39, 0.29) is 6.04 Å². The molecule has 4 heteroatoms. The molecular weight excluding hydrogens is 188 g/mol. The van der Waals surface area contributed by atoms with Crippen LogP contribution in [0.3, 0.4) is 0 Å². The van der Waals surface area contributed by atoms with Crippen molar-refractivity contribution < 1.29 is 0 Å². The van der Waals surface area contributed by atoms with Crippen molar-refractivity contribution in [3.8, 4) is 0 Å². The van der Waals surface area contributed by atoms with Gasteiger partial charge in [0.25, 0.3) is 0 Å². The van der Waals surface area contributed by atoms with Crippen molar-refractivity contribution in [1.82, 2.24) is 15.3 Å². The van der Waals surface area contributed by atoms with E-state index >= 15 is 0 Å². The maximum absolute atomic E-state index is 5.96. The molecule has 1 aliphatic heterocycles. The Morgan fingerprint density at radius 2 is 2.13 bits per heavy atom. The molecule has 4 nitrogen and oxygen atoms in total. The Balaban J connectivity index is 2.52. The van der Waals surface area contributed by atoms with Crippen molar-refractivity contribution in [2.75, 3.05) is 12.3 Å². The molecule has 1 aliphatic rings. The molecule has 0 radical (unpaired) electrons. The number of fused-ring (bicyclic) bond motifs is 1. The highest BCUT2D eigenvalue weighted by Gasteiger charge is 2.21. The third-order valence-electron chi connectivity index (χ3n) is 2.84. The summed E-state index contributed by atoms with van der Waals surface area (Å²) < 4.78 is 0. The van der Waals surface area contributed by atoms with Gasteiger partial charge in [-0.15, -0.1) is 0 Å². The lowest BCUT2D eigenvalue weighted by Crippen LogP contribution is -2.30. The number of anilines is 1. The largest absolute Gasteiger partial charge is 0.383 e. The zero-order valence-electron chi connectivity index (χ0n) is 9.54. The summed E-state index contributed by atoms with van der Waals surface area (Å²) in [6.45, 7) is 7.25. The monoisotopic (exact) mass is 206 g/mol. The lowest BCUT2D eigenvalue weighted by atomic mass is 10.0. The summed E-state index contributed by atoms with van der Waals surface area (Å²) in [5.74, 6) is 1.84. The predicted molar refractivity (Wildman–Crippen MR) is 60.7 cm³/mol. The van der Waals surface area contributed by atoms with Gasteiger partial charge in [0, 0.05) is 17.5 Å². The number of nitrogen functional groups attached to an aromatic ring is 1. The Labute approximate surface area is 90.3 Å². The second kappa shape index (κ2) is 3.77. The van der Waals surface area contributed by atoms with Crippen molar-refractivity contribution >= 4 is 5.82 Å². The average Bonchev–Trinajstić information content (AvgIpc) is 2.19. The van der Waals surface area contributed by atoms with Gasteiger partial charge in [-0.1, -0.05) is 13.8 Å². The Morgan fingerprint density at radius 3 is 2.80 bits per heavy atom. The van der Waals surface area contributed by atoms with Crippen molar-refractivity contribution in [2.45, 2.75) is 39.2 Å². The summed E-state index contributed by atoms with van der Waals surface area (Å²) in [7, 11) is 0. The van der Waals surface area contributed by atoms with Crippen LogP contribution >= 0.6 is 0 Å². The number of rotatable bonds is 1. The van der Waals surface area contributed by atoms with Gasteiger partial charge in [-0.25, -0.2) is 9.97 Å². The van der Waals surface area contributed by atoms with Gasteiger partial charge in [-0.3, -0.25) is 0 Å². The molecule has 3 N–H and O–H groups in total. The van der Waals surface area contributed by atoms with Crippen LogP contribution < -0.4 is 11.1 Å². The first-order valence-corrected chi connectivity index (χ1v) is 5.49. The predicted octanol–water partition coefficient (Wildman–Crippen LogP) is 1.39. The van der Waals surface area contributed by atoms with Crippen molar-refractivity contribution in [3.63, 3.8) is 0 Å². The molecule has 0 bridgehead atoms. The Bertz CT molecular complexity index is 373. The Hall–Kier alpha value is -1.16. The fourth-order valence-corrected chi connectivity index (χ4v) is 1.92. The minimum absolute atomic E-state index is 0.288. The van der Waals surface area contributed by atoms with E-state index < -0.39 is 0 Å². The molecular formula is C11H18N4. The van der Waals surface area contributed by atoms with Crippen LogP contribution in [0.4, 0.5) is 5.82 Å². The maximum atomic E-state index is 5.96. The summed E-state index contributed by atoms with van der Waals surface area (Å²) in [6.07, 6.45) is 0.934. The first-order chi connectivity index (χ1) is 7.09. The molecule has 1 atom stereocenters. The van der Waals surface area contributed by atoms with Gasteiger partial charge < -0.3 is 11.1 Å². The minimum atomic E-state index is 0.288. The summed E-state index contributed by atoms with van der Waals surface area (Å²) in [4.78, 5) is 8.96. The molecule has 1 aromatic heterocycles. The fourth-order valence-electron chi connectivity index (χ4n) is 1.92. The molecule has 0 aromatic carbocycles. The van der Waals surface area contributed by atoms with Crippen molar-refractivity contribution in [3.05, 3.63) is 17.1 Å². The molecule has 0 saturated carbocycles. The van der Waals surface area contributed by atoms with Crippen LogP contribution in [-0.2, 0) is 6.42 Å². The molecule has 0 spiro atoms. The normalized spacial score (nSPS) is 20.4. The molecule has 2 heterocycles. The zero-order valence-corrected chi connectivity index (χ0v) is 9.54. The minimum Gasteiger partial charge on any atom is -0.383 e. The molecule has 0 saturated heterocycles. The second-order valence-corrected chi connectivity index (χ2v) is 4.41. The lowest BCUT2D eigenvalue weighted by molar-refractivity contribution is 0.519. The summed E-state index contributed by atoms with van der Waals surface area (Å²) >= 11 is 0. The molecule has 0 amide bonds. The van der Waals surface area contributed by atoms with Crippen LogP contribution in [-0.4, -0.2) is 16.5 Å². The third-order valence-corrected chi connectivity index (χ3v) is 2.84. The van der Waals surface area contributed by atoms with Gasteiger partial charge in [-0.2, -0.15) is 0 Å². The smallest absolute Gasteiger partial charge is 0.133 e. The van der Waals surface area contributed by atoms with E-state index in [1.54, 1.807) is 0 Å². The molecule has 15 heavy (non-hydrogen) atoms. The number of nitrogens with zero attached hydrogens (tertiary/aromatic N) is 2. The van der Waals surface area contributed by atoms with Gasteiger partial charge in [0.05, 0.1) is 5.69 Å². The first kappa shape index (κ1) is 10.4. The number of hydrogen-bond donors (Lipinski definition) is 2. The second-order valence-electron chi connectivity index (χ2n) is 4.41. The first-order valence-electron chi connectivity index (χ1n) is 5.49. The van der Waals surface area contributed by atoms with Gasteiger partial charge in [0.2, 0.25) is 0 Å². The van der Waals surface area contributed by atoms with Gasteiger partial charge in [0.1, 0.15) is 11.6 Å². The van der Waals surface area contributed by atoms with E-state index in [1.165, 1.54) is 0 Å². The standard InChI is InChI=1S/C11H18N4/c1-6(2)11-14-9-7(3)13-5-4-8(9)10(12)15-11/h6-7,13H,4-5H2,1-3H3,(H2,12,14,15). The maximum Gasteiger partial charge on any atom is 0.133 e. The Morgan fingerprint density at radius 1 is 1.40 bits per heavy atom. The van der Waals surface area contributed by atoms with E-state index in [1.807, 2.05) is 0 Å². The average molecular weight is 206 g/mol. The number of aromatic nitrogens is 2. The fraction of sp³-hybridized carbons (Fsp3) is 0.636. The number of nitrogens with two attached hydrogens (primary N) is 1. The highest BCUT2D eigenvalue weighted by atomic mass is 15.0. The van der Waals surface area contributed by atoms with Crippen molar-refractivity contribution in [2.24, 2.45) is 0 Å². The molecule has 1 aromatic rings. The molecule has 0 fully saturated rings. The molecule has 0 aliphatic carbocycles. The lowest BCUT2D eigenvalue weighted by Gasteiger charge is -2.24. The van der Waals surface area contributed by atoms with E-state index in [2.05, 4.69) is 36.1 Å². The van der Waals surface area contributed by atoms with E-state index in [0.29, 0.717) is 11.7 Å². The highest BCUT2D eigenvalue weighted by molar-refractivity contribution is 5.45. The zero-order chi connectivity index (χ0) is 11.0. The van der Waals surface area contributed by atoms with Crippen molar-refractivity contribution in [1.29, 1.82) is 0 Å². The van der Waals surface area contributed by atoms with Crippen LogP contribution in [0.25, 0.3) is 0 Å². The molecule has 82 valence electrons. The molecule has 2 rings (SSSR count). The quantitative estimate of drug-likeness (QED) is 0.728. The van der Waals surface area contributed by atoms with Crippen LogP contribution in [0.1, 0.15) is 49.8 Å². The van der Waals surface area contributed by atoms with Crippen LogP contribution in [0.5, 0.6) is 0 Å². The van der Waals surface area contributed by atoms with E-state index in [9.17, 15) is 0 Å². The van der Waals surface area contributed by atoms with Crippen LogP contribution in [0.15, 0.2) is 0 Å². The number of nitrogens with one attached hydrogen (secondary N) is 1. The SMILES string of the molecule is CC(C)c1nc(N)c2c(n1)C(C)NCC2. The molecule has 1 unspecified atom stereocenters.